The lowest BCUT2D eigenvalue weighted by Gasteiger charge is -2.11. The van der Waals surface area contributed by atoms with Gasteiger partial charge in [-0.2, -0.15) is 0 Å². The van der Waals surface area contributed by atoms with Crippen molar-refractivity contribution in [1.29, 1.82) is 0 Å². The highest BCUT2D eigenvalue weighted by atomic mass is 32.2. The Bertz CT molecular complexity index is 1030. The third-order valence-electron chi connectivity index (χ3n) is 4.11. The monoisotopic (exact) mass is 427 g/mol. The molecular weight excluding hydrogens is 410 g/mol. The molecule has 1 saturated heterocycles. The molecule has 0 spiro atoms. The number of hydrogen-bond acceptors (Lipinski definition) is 7. The number of carboxylic acids is 1. The van der Waals surface area contributed by atoms with Crippen molar-refractivity contribution in [3.63, 3.8) is 0 Å². The van der Waals surface area contributed by atoms with Gasteiger partial charge in [-0.25, -0.2) is 4.79 Å². The summed E-state index contributed by atoms with van der Waals surface area (Å²) in [5, 5.41) is 8.20. The van der Waals surface area contributed by atoms with Crippen molar-refractivity contribution in [2.45, 2.75) is 0 Å². The Morgan fingerprint density at radius 1 is 1.10 bits per heavy atom. The first-order valence-corrected chi connectivity index (χ1v) is 9.57. The molecule has 154 valence electrons. The number of benzene rings is 2. The number of ketones is 1. The summed E-state index contributed by atoms with van der Waals surface area (Å²) in [5.41, 5.74) is 0.969. The van der Waals surface area contributed by atoms with Gasteiger partial charge in [0.2, 0.25) is 0 Å². The standard InChI is InChI=1S/C21H17NO7S/c1-28-17-9-13(7-8-16(17)29-12-19(24)25)10-18-20(26)22(21(27)30-18)11-15(23)14-5-3-2-4-6-14/h2-10H,11-12H2,1H3,(H,24,25)/b18-10+. The molecule has 0 aliphatic carbocycles. The zero-order valence-electron chi connectivity index (χ0n) is 15.9. The van der Waals surface area contributed by atoms with E-state index in [-0.39, 0.29) is 28.7 Å². The fourth-order valence-electron chi connectivity index (χ4n) is 2.68. The van der Waals surface area contributed by atoms with E-state index in [1.807, 2.05) is 0 Å². The summed E-state index contributed by atoms with van der Waals surface area (Å²) in [6.07, 6.45) is 1.50. The highest BCUT2D eigenvalue weighted by Crippen LogP contribution is 2.34. The van der Waals surface area contributed by atoms with E-state index in [2.05, 4.69) is 0 Å². The molecule has 3 rings (SSSR count). The van der Waals surface area contributed by atoms with E-state index in [1.54, 1.807) is 42.5 Å². The number of hydrogen-bond donors (Lipinski definition) is 1. The molecule has 1 aliphatic heterocycles. The maximum Gasteiger partial charge on any atom is 0.341 e. The zero-order valence-corrected chi connectivity index (χ0v) is 16.7. The van der Waals surface area contributed by atoms with Gasteiger partial charge in [0.1, 0.15) is 0 Å². The molecule has 0 radical (unpaired) electrons. The van der Waals surface area contributed by atoms with Gasteiger partial charge in [-0.1, -0.05) is 36.4 Å². The number of carbonyl (C=O) groups is 4. The van der Waals surface area contributed by atoms with Crippen LogP contribution in [0.1, 0.15) is 15.9 Å². The Labute approximate surface area is 176 Å². The smallest absolute Gasteiger partial charge is 0.341 e. The van der Waals surface area contributed by atoms with Crippen LogP contribution in [0.3, 0.4) is 0 Å². The predicted molar refractivity (Wildman–Crippen MR) is 110 cm³/mol. The molecule has 9 heteroatoms. The summed E-state index contributed by atoms with van der Waals surface area (Å²) >= 11 is 0.742. The maximum absolute atomic E-state index is 12.6. The number of imide groups is 1. The largest absolute Gasteiger partial charge is 0.493 e. The quantitative estimate of drug-likeness (QED) is 0.506. The number of nitrogens with zero attached hydrogens (tertiary/aromatic N) is 1. The van der Waals surface area contributed by atoms with E-state index >= 15 is 0 Å². The van der Waals surface area contributed by atoms with Crippen molar-refractivity contribution in [3.8, 4) is 11.5 Å². The van der Waals surface area contributed by atoms with Crippen molar-refractivity contribution in [3.05, 3.63) is 64.6 Å². The van der Waals surface area contributed by atoms with Gasteiger partial charge in [0.05, 0.1) is 18.6 Å². The maximum atomic E-state index is 12.6. The van der Waals surface area contributed by atoms with Crippen molar-refractivity contribution < 1.29 is 33.8 Å². The molecular formula is C21H17NO7S. The summed E-state index contributed by atoms with van der Waals surface area (Å²) in [6.45, 7) is -0.860. The van der Waals surface area contributed by atoms with Crippen LogP contribution in [0.25, 0.3) is 6.08 Å². The Morgan fingerprint density at radius 2 is 1.83 bits per heavy atom. The van der Waals surface area contributed by atoms with E-state index in [0.29, 0.717) is 11.1 Å². The minimum atomic E-state index is -1.13. The number of amides is 2. The second-order valence-electron chi connectivity index (χ2n) is 6.15. The van der Waals surface area contributed by atoms with Crippen LogP contribution in [0.15, 0.2) is 53.4 Å². The lowest BCUT2D eigenvalue weighted by Crippen LogP contribution is -2.33. The minimum Gasteiger partial charge on any atom is -0.493 e. The van der Waals surface area contributed by atoms with Gasteiger partial charge >= 0.3 is 5.97 Å². The zero-order chi connectivity index (χ0) is 21.7. The number of methoxy groups -OCH3 is 1. The number of ether oxygens (including phenoxy) is 2. The second-order valence-corrected chi connectivity index (χ2v) is 7.14. The first kappa shape index (κ1) is 21.1. The van der Waals surface area contributed by atoms with Crippen molar-refractivity contribution in [1.82, 2.24) is 4.90 Å². The number of carbonyl (C=O) groups excluding carboxylic acids is 3. The molecule has 8 nitrogen and oxygen atoms in total. The highest BCUT2D eigenvalue weighted by molar-refractivity contribution is 8.18. The number of rotatable bonds is 8. The summed E-state index contributed by atoms with van der Waals surface area (Å²) in [4.78, 5) is 49.0. The van der Waals surface area contributed by atoms with E-state index < -0.39 is 23.7 Å². The van der Waals surface area contributed by atoms with Crippen LogP contribution in [0.2, 0.25) is 0 Å². The number of carboxylic acid groups (broad SMARTS) is 1. The summed E-state index contributed by atoms with van der Waals surface area (Å²) in [5.74, 6) is -1.50. The predicted octanol–water partition coefficient (Wildman–Crippen LogP) is 3.08. The van der Waals surface area contributed by atoms with Crippen LogP contribution < -0.4 is 9.47 Å². The van der Waals surface area contributed by atoms with Gasteiger partial charge in [-0.15, -0.1) is 0 Å². The van der Waals surface area contributed by atoms with E-state index in [0.717, 1.165) is 16.7 Å². The van der Waals surface area contributed by atoms with Gasteiger partial charge in [0, 0.05) is 5.56 Å². The Kier molecular flexibility index (Phi) is 6.53. The molecule has 0 saturated carbocycles. The summed E-state index contributed by atoms with van der Waals surface area (Å²) < 4.78 is 10.3. The van der Waals surface area contributed by atoms with Crippen LogP contribution in [0.5, 0.6) is 11.5 Å². The highest BCUT2D eigenvalue weighted by Gasteiger charge is 2.36. The van der Waals surface area contributed by atoms with Gasteiger partial charge in [-0.3, -0.25) is 19.3 Å². The third-order valence-corrected chi connectivity index (χ3v) is 5.02. The SMILES string of the molecule is COc1cc(/C=C2/SC(=O)N(CC(=O)c3ccccc3)C2=O)ccc1OCC(=O)O. The average Bonchev–Trinajstić information content (AvgIpc) is 3.00. The number of Topliss-reactive ketones (excluding diaryl/α,β-unsaturated/α-hetero) is 1. The van der Waals surface area contributed by atoms with E-state index in [4.69, 9.17) is 14.6 Å². The summed E-state index contributed by atoms with van der Waals surface area (Å²) in [7, 11) is 1.40. The van der Waals surface area contributed by atoms with Gasteiger partial charge in [0.15, 0.2) is 23.9 Å². The van der Waals surface area contributed by atoms with Crippen molar-refractivity contribution >= 4 is 40.7 Å². The van der Waals surface area contributed by atoms with E-state index in [1.165, 1.54) is 19.3 Å². The molecule has 2 amide bonds. The molecule has 30 heavy (non-hydrogen) atoms. The van der Waals surface area contributed by atoms with Crippen molar-refractivity contribution in [2.24, 2.45) is 0 Å². The van der Waals surface area contributed by atoms with Gasteiger partial charge in [-0.05, 0) is 35.5 Å². The molecule has 1 aliphatic rings. The van der Waals surface area contributed by atoms with Crippen LogP contribution in [-0.4, -0.2) is 53.2 Å². The second kappa shape index (κ2) is 9.27. The third kappa shape index (κ3) is 4.87. The Hall–Kier alpha value is -3.59. The molecule has 0 aromatic heterocycles. The number of aliphatic carboxylic acids is 1. The topological polar surface area (TPSA) is 110 Å². The van der Waals surface area contributed by atoms with Crippen LogP contribution in [0, 0.1) is 0 Å². The molecule has 2 aromatic rings. The molecule has 1 N–H and O–H groups in total. The Balaban J connectivity index is 1.76. The lowest BCUT2D eigenvalue weighted by molar-refractivity contribution is -0.139. The average molecular weight is 427 g/mol. The normalized spacial score (nSPS) is 14.8. The van der Waals surface area contributed by atoms with Gasteiger partial charge < -0.3 is 14.6 Å². The Morgan fingerprint density at radius 3 is 2.50 bits per heavy atom. The minimum absolute atomic E-state index is 0.169. The lowest BCUT2D eigenvalue weighted by atomic mass is 10.1. The van der Waals surface area contributed by atoms with Crippen LogP contribution in [-0.2, 0) is 9.59 Å². The van der Waals surface area contributed by atoms with Crippen LogP contribution in [0.4, 0.5) is 4.79 Å². The molecule has 0 unspecified atom stereocenters. The molecule has 1 heterocycles. The molecule has 0 atom stereocenters. The molecule has 0 bridgehead atoms. The number of thioether (sulfide) groups is 1. The first-order valence-electron chi connectivity index (χ1n) is 8.75. The van der Waals surface area contributed by atoms with E-state index in [9.17, 15) is 19.2 Å². The van der Waals surface area contributed by atoms with Crippen LogP contribution >= 0.6 is 11.8 Å². The van der Waals surface area contributed by atoms with Crippen molar-refractivity contribution in [2.75, 3.05) is 20.3 Å². The molecule has 1 fully saturated rings. The fourth-order valence-corrected chi connectivity index (χ4v) is 3.52. The fraction of sp³-hybridized carbons (Fsp3) is 0.143. The first-order chi connectivity index (χ1) is 14.4. The van der Waals surface area contributed by atoms with Gasteiger partial charge in [0.25, 0.3) is 11.1 Å². The summed E-state index contributed by atoms with van der Waals surface area (Å²) in [6, 6.07) is 13.1. The molecule has 2 aromatic carbocycles.